The largest absolute Gasteiger partial charge is 0.351 e. The SMILES string of the molecule is O=C(NCCc1n[nH]c(=O)[nH]1)c1cnn(-c2ccc(F)cc2F)c1. The van der Waals surface area contributed by atoms with Gasteiger partial charge in [0.1, 0.15) is 17.3 Å². The number of rotatable bonds is 5. The summed E-state index contributed by atoms with van der Waals surface area (Å²) in [4.78, 5) is 25.3. The van der Waals surface area contributed by atoms with Crippen molar-refractivity contribution in [3.63, 3.8) is 0 Å². The van der Waals surface area contributed by atoms with Crippen LogP contribution in [0.15, 0.2) is 35.4 Å². The molecule has 10 heteroatoms. The van der Waals surface area contributed by atoms with E-state index < -0.39 is 23.2 Å². The van der Waals surface area contributed by atoms with Crippen LogP contribution in [0, 0.1) is 11.6 Å². The Morgan fingerprint density at radius 2 is 2.17 bits per heavy atom. The molecule has 3 aromatic rings. The Bertz CT molecular complexity index is 929. The van der Waals surface area contributed by atoms with Crippen LogP contribution >= 0.6 is 0 Å². The van der Waals surface area contributed by atoms with Gasteiger partial charge in [-0.05, 0) is 12.1 Å². The number of halogens is 2. The fourth-order valence-corrected chi connectivity index (χ4v) is 2.06. The minimum Gasteiger partial charge on any atom is -0.351 e. The summed E-state index contributed by atoms with van der Waals surface area (Å²) >= 11 is 0. The molecule has 1 amide bonds. The Kier molecular flexibility index (Phi) is 4.18. The molecule has 0 aliphatic rings. The van der Waals surface area contributed by atoms with E-state index in [-0.39, 0.29) is 17.8 Å². The summed E-state index contributed by atoms with van der Waals surface area (Å²) in [5.41, 5.74) is -0.169. The highest BCUT2D eigenvalue weighted by Gasteiger charge is 2.12. The highest BCUT2D eigenvalue weighted by molar-refractivity contribution is 5.93. The van der Waals surface area contributed by atoms with Crippen molar-refractivity contribution in [1.29, 1.82) is 0 Å². The zero-order valence-corrected chi connectivity index (χ0v) is 12.2. The van der Waals surface area contributed by atoms with E-state index in [2.05, 4.69) is 25.6 Å². The summed E-state index contributed by atoms with van der Waals surface area (Å²) < 4.78 is 27.8. The van der Waals surface area contributed by atoms with Crippen molar-refractivity contribution in [2.75, 3.05) is 6.54 Å². The molecule has 0 saturated carbocycles. The van der Waals surface area contributed by atoms with Gasteiger partial charge in [0.05, 0.1) is 11.8 Å². The summed E-state index contributed by atoms with van der Waals surface area (Å²) in [7, 11) is 0. The number of hydrogen-bond donors (Lipinski definition) is 3. The maximum Gasteiger partial charge on any atom is 0.340 e. The van der Waals surface area contributed by atoms with Gasteiger partial charge in [-0.15, -0.1) is 0 Å². The molecule has 3 N–H and O–H groups in total. The van der Waals surface area contributed by atoms with Crippen molar-refractivity contribution in [2.24, 2.45) is 0 Å². The summed E-state index contributed by atoms with van der Waals surface area (Å²) in [6.45, 7) is 0.246. The zero-order valence-electron chi connectivity index (χ0n) is 12.2. The van der Waals surface area contributed by atoms with Crippen LogP contribution in [0.1, 0.15) is 16.2 Å². The lowest BCUT2D eigenvalue weighted by Crippen LogP contribution is -2.25. The Balaban J connectivity index is 1.64. The zero-order chi connectivity index (χ0) is 17.1. The highest BCUT2D eigenvalue weighted by atomic mass is 19.1. The van der Waals surface area contributed by atoms with Gasteiger partial charge in [-0.3, -0.25) is 9.78 Å². The van der Waals surface area contributed by atoms with Gasteiger partial charge in [0.25, 0.3) is 5.91 Å². The predicted molar refractivity (Wildman–Crippen MR) is 78.7 cm³/mol. The third-order valence-corrected chi connectivity index (χ3v) is 3.20. The van der Waals surface area contributed by atoms with E-state index in [4.69, 9.17) is 0 Å². The number of carbonyl (C=O) groups is 1. The quantitative estimate of drug-likeness (QED) is 0.632. The second-order valence-electron chi connectivity index (χ2n) is 4.90. The van der Waals surface area contributed by atoms with Crippen LogP contribution in [0.4, 0.5) is 8.78 Å². The molecule has 2 heterocycles. The molecule has 0 atom stereocenters. The lowest BCUT2D eigenvalue weighted by Gasteiger charge is -2.03. The minimum atomic E-state index is -0.785. The molecule has 24 heavy (non-hydrogen) atoms. The smallest absolute Gasteiger partial charge is 0.340 e. The number of nitrogens with one attached hydrogen (secondary N) is 3. The van der Waals surface area contributed by atoms with Crippen LogP contribution in [0.25, 0.3) is 5.69 Å². The number of aromatic nitrogens is 5. The fourth-order valence-electron chi connectivity index (χ4n) is 2.06. The van der Waals surface area contributed by atoms with Crippen molar-refractivity contribution >= 4 is 5.91 Å². The van der Waals surface area contributed by atoms with Crippen molar-refractivity contribution in [1.82, 2.24) is 30.3 Å². The van der Waals surface area contributed by atoms with Gasteiger partial charge < -0.3 is 5.32 Å². The molecule has 0 aliphatic heterocycles. The van der Waals surface area contributed by atoms with Gasteiger partial charge in [-0.1, -0.05) is 0 Å². The lowest BCUT2D eigenvalue weighted by atomic mass is 10.3. The summed E-state index contributed by atoms with van der Waals surface area (Å²) in [6.07, 6.45) is 2.95. The number of amides is 1. The number of benzene rings is 1. The number of hydrogen-bond acceptors (Lipinski definition) is 4. The maximum atomic E-state index is 13.7. The van der Waals surface area contributed by atoms with E-state index in [9.17, 15) is 18.4 Å². The highest BCUT2D eigenvalue weighted by Crippen LogP contribution is 2.14. The average molecular weight is 334 g/mol. The molecule has 0 spiro atoms. The van der Waals surface area contributed by atoms with Crippen molar-refractivity contribution in [3.8, 4) is 5.69 Å². The standard InChI is InChI=1S/C14H12F2N6O2/c15-9-1-2-11(10(16)5-9)22-7-8(6-18-22)13(23)17-4-3-12-19-14(24)21-20-12/h1-2,5-7H,3-4H2,(H,17,23)(H2,19,20,21,24). The number of nitrogens with zero attached hydrogens (tertiary/aromatic N) is 3. The molecule has 0 aliphatic carbocycles. The van der Waals surface area contributed by atoms with Gasteiger partial charge >= 0.3 is 5.69 Å². The molecular weight excluding hydrogens is 322 g/mol. The van der Waals surface area contributed by atoms with E-state index in [0.29, 0.717) is 12.2 Å². The van der Waals surface area contributed by atoms with Crippen molar-refractivity contribution in [2.45, 2.75) is 6.42 Å². The topological polar surface area (TPSA) is 108 Å². The molecule has 0 saturated heterocycles. The fraction of sp³-hybridized carbons (Fsp3) is 0.143. The molecule has 1 aromatic carbocycles. The summed E-state index contributed by atoms with van der Waals surface area (Å²) in [5, 5.41) is 12.5. The Hall–Kier alpha value is -3.30. The monoisotopic (exact) mass is 334 g/mol. The van der Waals surface area contributed by atoms with Gasteiger partial charge in [0.15, 0.2) is 5.82 Å². The third kappa shape index (κ3) is 3.37. The van der Waals surface area contributed by atoms with Gasteiger partial charge in [-0.25, -0.2) is 23.4 Å². The van der Waals surface area contributed by atoms with Crippen LogP contribution in [0.2, 0.25) is 0 Å². The van der Waals surface area contributed by atoms with E-state index in [0.717, 1.165) is 16.8 Å². The predicted octanol–water partition coefficient (Wildman–Crippen LogP) is 0.534. The van der Waals surface area contributed by atoms with Crippen LogP contribution < -0.4 is 11.0 Å². The molecule has 0 fully saturated rings. The third-order valence-electron chi connectivity index (χ3n) is 3.20. The lowest BCUT2D eigenvalue weighted by molar-refractivity contribution is 0.0954. The first-order chi connectivity index (χ1) is 11.5. The second kappa shape index (κ2) is 6.44. The molecule has 3 rings (SSSR count). The molecule has 0 unspecified atom stereocenters. The Morgan fingerprint density at radius 1 is 1.33 bits per heavy atom. The van der Waals surface area contributed by atoms with Crippen molar-refractivity contribution < 1.29 is 13.6 Å². The summed E-state index contributed by atoms with van der Waals surface area (Å²) in [6, 6.07) is 3.07. The number of aromatic amines is 2. The molecular formula is C14H12F2N6O2. The van der Waals surface area contributed by atoms with Crippen LogP contribution in [0.3, 0.4) is 0 Å². The van der Waals surface area contributed by atoms with Crippen LogP contribution in [-0.2, 0) is 6.42 Å². The van der Waals surface area contributed by atoms with E-state index in [1.807, 2.05) is 0 Å². The van der Waals surface area contributed by atoms with E-state index in [1.165, 1.54) is 18.5 Å². The van der Waals surface area contributed by atoms with E-state index >= 15 is 0 Å². The van der Waals surface area contributed by atoms with Gasteiger partial charge in [0.2, 0.25) is 0 Å². The minimum absolute atomic E-state index is 0.0320. The normalized spacial score (nSPS) is 10.8. The molecule has 0 bridgehead atoms. The molecule has 2 aromatic heterocycles. The molecule has 0 radical (unpaired) electrons. The first-order valence-electron chi connectivity index (χ1n) is 6.95. The average Bonchev–Trinajstić information content (AvgIpc) is 3.16. The Morgan fingerprint density at radius 3 is 2.88 bits per heavy atom. The first kappa shape index (κ1) is 15.6. The van der Waals surface area contributed by atoms with Crippen molar-refractivity contribution in [3.05, 3.63) is 64.1 Å². The van der Waals surface area contributed by atoms with Gasteiger partial charge in [-0.2, -0.15) is 10.2 Å². The van der Waals surface area contributed by atoms with Gasteiger partial charge in [0, 0.05) is 25.2 Å². The van der Waals surface area contributed by atoms with Crippen LogP contribution in [-0.4, -0.2) is 37.4 Å². The Labute approximate surface area is 133 Å². The van der Waals surface area contributed by atoms with Crippen LogP contribution in [0.5, 0.6) is 0 Å². The van der Waals surface area contributed by atoms with E-state index in [1.54, 1.807) is 0 Å². The molecule has 8 nitrogen and oxygen atoms in total. The maximum absolute atomic E-state index is 13.7. The first-order valence-corrected chi connectivity index (χ1v) is 6.95. The number of H-pyrrole nitrogens is 2. The number of carbonyl (C=O) groups excluding carboxylic acids is 1. The molecule has 124 valence electrons. The second-order valence-corrected chi connectivity index (χ2v) is 4.90. The summed E-state index contributed by atoms with van der Waals surface area (Å²) in [5.74, 6) is -1.48.